The molecule has 3 nitrogen and oxygen atoms in total. The minimum atomic E-state index is 1.12. The van der Waals surface area contributed by atoms with Crippen molar-refractivity contribution in [3.8, 4) is 11.4 Å². The molecule has 0 unspecified atom stereocenters. The Hall–Kier alpha value is -6.06. The summed E-state index contributed by atoms with van der Waals surface area (Å²) in [7, 11) is 0. The molecule has 0 aliphatic carbocycles. The van der Waals surface area contributed by atoms with Crippen molar-refractivity contribution in [2.24, 2.45) is 0 Å². The fraction of sp³-hybridized carbons (Fsp3) is 0. The Morgan fingerprint density at radius 1 is 0.311 bits per heavy atom. The van der Waals surface area contributed by atoms with Gasteiger partial charge in [-0.3, -0.25) is 0 Å². The molecule has 0 atom stereocenters. The van der Waals surface area contributed by atoms with E-state index in [0.29, 0.717) is 0 Å². The van der Waals surface area contributed by atoms with Crippen LogP contribution in [0.1, 0.15) is 0 Å². The molecule has 0 saturated carbocycles. The van der Waals surface area contributed by atoms with Gasteiger partial charge in [-0.2, -0.15) is 0 Å². The van der Waals surface area contributed by atoms with Gasteiger partial charge in [-0.25, -0.2) is 0 Å². The summed E-state index contributed by atoms with van der Waals surface area (Å²) < 4.78 is 4.82. The summed E-state index contributed by atoms with van der Waals surface area (Å²) in [5.74, 6) is 0. The Morgan fingerprint density at radius 3 is 1.29 bits per heavy atom. The van der Waals surface area contributed by atoms with Crippen molar-refractivity contribution in [2.45, 2.75) is 0 Å². The van der Waals surface area contributed by atoms with Crippen molar-refractivity contribution in [3.63, 3.8) is 0 Å². The summed E-state index contributed by atoms with van der Waals surface area (Å²) in [6.07, 6.45) is 0. The van der Waals surface area contributed by atoms with Crippen LogP contribution in [0.4, 0.5) is 17.1 Å². The summed E-state index contributed by atoms with van der Waals surface area (Å²) in [4.78, 5) is 2.35. The first kappa shape index (κ1) is 25.4. The molecule has 9 aromatic rings. The first-order valence-corrected chi connectivity index (χ1v) is 15.4. The van der Waals surface area contributed by atoms with Crippen LogP contribution >= 0.6 is 0 Å². The van der Waals surface area contributed by atoms with E-state index in [4.69, 9.17) is 0 Å². The lowest BCUT2D eigenvalue weighted by Gasteiger charge is -2.25. The molecule has 0 fully saturated rings. The van der Waals surface area contributed by atoms with E-state index in [1.54, 1.807) is 0 Å². The van der Waals surface area contributed by atoms with Gasteiger partial charge in [0.1, 0.15) is 0 Å². The van der Waals surface area contributed by atoms with Crippen LogP contribution < -0.4 is 4.90 Å². The van der Waals surface area contributed by atoms with Crippen LogP contribution in [0.5, 0.6) is 0 Å². The van der Waals surface area contributed by atoms with Gasteiger partial charge in [-0.1, -0.05) is 91.0 Å². The highest BCUT2D eigenvalue weighted by Gasteiger charge is 2.22. The Bertz CT molecular complexity index is 2420. The van der Waals surface area contributed by atoms with Gasteiger partial charge in [-0.05, 0) is 84.9 Å². The van der Waals surface area contributed by atoms with E-state index in [0.717, 1.165) is 28.4 Å². The van der Waals surface area contributed by atoms with E-state index in [1.807, 2.05) is 0 Å². The fourth-order valence-corrected chi connectivity index (χ4v) is 7.01. The van der Waals surface area contributed by atoms with Gasteiger partial charge < -0.3 is 14.0 Å². The highest BCUT2D eigenvalue weighted by molar-refractivity contribution is 6.29. The van der Waals surface area contributed by atoms with E-state index >= 15 is 0 Å². The lowest BCUT2D eigenvalue weighted by molar-refractivity contribution is 1.17. The van der Waals surface area contributed by atoms with E-state index in [9.17, 15) is 0 Å². The van der Waals surface area contributed by atoms with Gasteiger partial charge in [-0.15, -0.1) is 0 Å². The molecule has 2 aromatic heterocycles. The zero-order chi connectivity index (χ0) is 29.7. The van der Waals surface area contributed by atoms with E-state index in [-0.39, 0.29) is 0 Å². The SMILES string of the molecule is c1ccc(N(c2ccccc2)c2ccc3c(c2)c2c4c5ccccc5n(-c5ccccc5)c4ccc2n3-c2ccccc2)cc1. The van der Waals surface area contributed by atoms with Crippen molar-refractivity contribution in [3.05, 3.63) is 176 Å². The third kappa shape index (κ3) is 3.98. The van der Waals surface area contributed by atoms with Crippen LogP contribution in [0.2, 0.25) is 0 Å². The number of hydrogen-bond donors (Lipinski definition) is 0. The number of aromatic nitrogens is 2. The maximum atomic E-state index is 2.41. The molecule has 3 heteroatoms. The second kappa shape index (κ2) is 10.3. The Morgan fingerprint density at radius 2 is 0.733 bits per heavy atom. The second-order valence-electron chi connectivity index (χ2n) is 11.4. The van der Waals surface area contributed by atoms with Crippen molar-refractivity contribution < 1.29 is 0 Å². The van der Waals surface area contributed by atoms with Gasteiger partial charge >= 0.3 is 0 Å². The summed E-state index contributed by atoms with van der Waals surface area (Å²) in [5.41, 5.74) is 10.5. The van der Waals surface area contributed by atoms with Gasteiger partial charge in [0, 0.05) is 50.0 Å². The molecule has 0 bridgehead atoms. The molecule has 2 heterocycles. The number of nitrogens with zero attached hydrogens (tertiary/aromatic N) is 3. The molecule has 0 aliphatic heterocycles. The minimum absolute atomic E-state index is 1.12. The Kier molecular flexibility index (Phi) is 5.82. The molecule has 0 spiro atoms. The number of fused-ring (bicyclic) bond motifs is 7. The van der Waals surface area contributed by atoms with Crippen LogP contribution in [0.3, 0.4) is 0 Å². The van der Waals surface area contributed by atoms with Gasteiger partial charge in [0.05, 0.1) is 22.1 Å². The number of para-hydroxylation sites is 5. The standard InChI is InChI=1S/C42H29N3/c1-5-15-30(16-6-1)43(31-17-7-2-8-18-31)34-25-26-38-36(29-34)42-40(45(38)33-21-11-4-12-22-33)28-27-39-41(42)35-23-13-14-24-37(35)44(39)32-19-9-3-10-20-32/h1-29H. The Labute approximate surface area is 261 Å². The molecular weight excluding hydrogens is 546 g/mol. The summed E-state index contributed by atoms with van der Waals surface area (Å²) in [6.45, 7) is 0. The average Bonchev–Trinajstić information content (AvgIpc) is 3.63. The maximum Gasteiger partial charge on any atom is 0.0548 e. The van der Waals surface area contributed by atoms with Crippen LogP contribution in [0, 0.1) is 0 Å². The molecule has 0 saturated heterocycles. The van der Waals surface area contributed by atoms with Crippen molar-refractivity contribution >= 4 is 60.7 Å². The van der Waals surface area contributed by atoms with Crippen LogP contribution in [-0.2, 0) is 0 Å². The van der Waals surface area contributed by atoms with Crippen LogP contribution in [0.25, 0.3) is 55.0 Å². The minimum Gasteiger partial charge on any atom is -0.310 e. The first-order chi connectivity index (χ1) is 22.4. The van der Waals surface area contributed by atoms with E-state index in [2.05, 4.69) is 190 Å². The second-order valence-corrected chi connectivity index (χ2v) is 11.4. The normalized spacial score (nSPS) is 11.6. The number of benzene rings is 7. The topological polar surface area (TPSA) is 13.1 Å². The zero-order valence-electron chi connectivity index (χ0n) is 24.6. The molecule has 0 aliphatic rings. The number of rotatable bonds is 5. The fourth-order valence-electron chi connectivity index (χ4n) is 7.01. The summed E-state index contributed by atoms with van der Waals surface area (Å²) in [6, 6.07) is 63.0. The van der Waals surface area contributed by atoms with Crippen molar-refractivity contribution in [2.75, 3.05) is 4.90 Å². The van der Waals surface area contributed by atoms with Crippen LogP contribution in [0.15, 0.2) is 176 Å². The van der Waals surface area contributed by atoms with Gasteiger partial charge in [0.2, 0.25) is 0 Å². The largest absolute Gasteiger partial charge is 0.310 e. The molecule has 45 heavy (non-hydrogen) atoms. The predicted octanol–water partition coefficient (Wildman–Crippen LogP) is 11.4. The van der Waals surface area contributed by atoms with E-state index < -0.39 is 0 Å². The van der Waals surface area contributed by atoms with Crippen molar-refractivity contribution in [1.29, 1.82) is 0 Å². The summed E-state index contributed by atoms with van der Waals surface area (Å²) in [5, 5.41) is 5.02. The molecule has 0 radical (unpaired) electrons. The van der Waals surface area contributed by atoms with Gasteiger partial charge in [0.25, 0.3) is 0 Å². The summed E-state index contributed by atoms with van der Waals surface area (Å²) >= 11 is 0. The lowest BCUT2D eigenvalue weighted by Crippen LogP contribution is -2.09. The molecule has 0 N–H and O–H groups in total. The quantitative estimate of drug-likeness (QED) is 0.199. The number of hydrogen-bond acceptors (Lipinski definition) is 1. The molecule has 9 rings (SSSR count). The maximum absolute atomic E-state index is 2.41. The third-order valence-corrected chi connectivity index (χ3v) is 8.86. The zero-order valence-corrected chi connectivity index (χ0v) is 24.6. The molecule has 0 amide bonds. The molecular formula is C42H29N3. The lowest BCUT2D eigenvalue weighted by atomic mass is 10.0. The molecule has 7 aromatic carbocycles. The van der Waals surface area contributed by atoms with Gasteiger partial charge in [0.15, 0.2) is 0 Å². The highest BCUT2D eigenvalue weighted by atomic mass is 15.1. The van der Waals surface area contributed by atoms with Crippen molar-refractivity contribution in [1.82, 2.24) is 9.13 Å². The Balaban J connectivity index is 1.43. The smallest absolute Gasteiger partial charge is 0.0548 e. The van der Waals surface area contributed by atoms with Crippen LogP contribution in [-0.4, -0.2) is 9.13 Å². The average molecular weight is 576 g/mol. The molecule has 212 valence electrons. The highest BCUT2D eigenvalue weighted by Crippen LogP contribution is 2.44. The third-order valence-electron chi connectivity index (χ3n) is 8.86. The predicted molar refractivity (Wildman–Crippen MR) is 190 cm³/mol. The monoisotopic (exact) mass is 575 g/mol. The first-order valence-electron chi connectivity index (χ1n) is 15.4. The van der Waals surface area contributed by atoms with E-state index in [1.165, 1.54) is 43.6 Å². The number of anilines is 3.